The number of benzene rings is 1. The lowest BCUT2D eigenvalue weighted by molar-refractivity contribution is -0.173. The van der Waals surface area contributed by atoms with Crippen LogP contribution < -0.4 is 5.32 Å². The van der Waals surface area contributed by atoms with E-state index in [-0.39, 0.29) is 5.56 Å². The first kappa shape index (κ1) is 15.9. The van der Waals surface area contributed by atoms with Gasteiger partial charge < -0.3 is 5.32 Å². The molecule has 0 aliphatic carbocycles. The van der Waals surface area contributed by atoms with Crippen molar-refractivity contribution in [2.45, 2.75) is 12.4 Å². The zero-order valence-corrected chi connectivity index (χ0v) is 9.69. The molecule has 0 fully saturated rings. The summed E-state index contributed by atoms with van der Waals surface area (Å²) in [6, 6.07) is 4.00. The summed E-state index contributed by atoms with van der Waals surface area (Å²) in [5.41, 5.74) is -0.926. The van der Waals surface area contributed by atoms with Gasteiger partial charge in [-0.25, -0.2) is 0 Å². The summed E-state index contributed by atoms with van der Waals surface area (Å²) < 4.78 is 72.5. The Balaban J connectivity index is 2.67. The molecule has 1 aromatic carbocycles. The Morgan fingerprint density at radius 3 is 2.35 bits per heavy atom. The normalized spacial score (nSPS) is 11.5. The molecule has 108 valence electrons. The molecule has 0 saturated heterocycles. The van der Waals surface area contributed by atoms with Gasteiger partial charge in [0.05, 0.1) is 12.1 Å². The Hall–Kier alpha value is -2.17. The summed E-state index contributed by atoms with van der Waals surface area (Å²) in [6.45, 7) is -0.616. The van der Waals surface area contributed by atoms with E-state index in [9.17, 15) is 31.1 Å². The van der Waals surface area contributed by atoms with Gasteiger partial charge in [-0.3, -0.25) is 4.79 Å². The summed E-state index contributed by atoms with van der Waals surface area (Å²) in [5.74, 6) is 2.21. The van der Waals surface area contributed by atoms with Crippen LogP contribution in [0.1, 0.15) is 11.1 Å². The van der Waals surface area contributed by atoms with Crippen LogP contribution in [-0.2, 0) is 11.0 Å². The highest BCUT2D eigenvalue weighted by Crippen LogP contribution is 2.29. The zero-order chi connectivity index (χ0) is 15.4. The van der Waals surface area contributed by atoms with Crippen molar-refractivity contribution in [3.05, 3.63) is 35.4 Å². The number of halogens is 6. The van der Waals surface area contributed by atoms with Crippen molar-refractivity contribution < 1.29 is 31.1 Å². The average molecular weight is 295 g/mol. The molecule has 0 bridgehead atoms. The van der Waals surface area contributed by atoms with Crippen LogP contribution in [0.4, 0.5) is 26.3 Å². The molecule has 0 heterocycles. The largest absolute Gasteiger partial charge is 0.471 e. The maximum atomic E-state index is 12.4. The number of amides is 1. The van der Waals surface area contributed by atoms with Gasteiger partial charge in [0.2, 0.25) is 0 Å². The maximum absolute atomic E-state index is 12.4. The van der Waals surface area contributed by atoms with Crippen molar-refractivity contribution in [3.63, 3.8) is 0 Å². The minimum Gasteiger partial charge on any atom is -0.337 e. The molecule has 0 unspecified atom stereocenters. The smallest absolute Gasteiger partial charge is 0.337 e. The fraction of sp³-hybridized carbons (Fsp3) is 0.250. The van der Waals surface area contributed by atoms with Crippen LogP contribution in [0.3, 0.4) is 0 Å². The van der Waals surface area contributed by atoms with E-state index >= 15 is 0 Å². The second-order valence-corrected chi connectivity index (χ2v) is 3.56. The number of hydrogen-bond donors (Lipinski definition) is 1. The number of nitrogens with one attached hydrogen (secondary N) is 1. The van der Waals surface area contributed by atoms with Crippen molar-refractivity contribution in [1.29, 1.82) is 0 Å². The molecule has 0 radical (unpaired) electrons. The van der Waals surface area contributed by atoms with Gasteiger partial charge in [-0.05, 0) is 18.2 Å². The van der Waals surface area contributed by atoms with E-state index in [0.717, 1.165) is 18.2 Å². The standard InChI is InChI=1S/C12H7F6NO/c13-11(14,15)9-5-1-3-8(7-9)4-2-6-19-10(20)12(16,17)18/h1,3,5,7H,6H2,(H,19,20). The molecule has 1 amide bonds. The van der Waals surface area contributed by atoms with Gasteiger partial charge >= 0.3 is 18.3 Å². The summed E-state index contributed by atoms with van der Waals surface area (Å²) in [4.78, 5) is 10.4. The topological polar surface area (TPSA) is 29.1 Å². The first-order chi connectivity index (χ1) is 9.10. The lowest BCUT2D eigenvalue weighted by Crippen LogP contribution is -2.36. The molecule has 0 spiro atoms. The highest BCUT2D eigenvalue weighted by Gasteiger charge is 2.38. The van der Waals surface area contributed by atoms with Crippen molar-refractivity contribution in [1.82, 2.24) is 5.32 Å². The van der Waals surface area contributed by atoms with Crippen molar-refractivity contribution >= 4 is 5.91 Å². The van der Waals surface area contributed by atoms with Gasteiger partial charge in [0.15, 0.2) is 0 Å². The van der Waals surface area contributed by atoms with Gasteiger partial charge in [-0.15, -0.1) is 0 Å². The monoisotopic (exact) mass is 295 g/mol. The molecule has 1 aromatic rings. The van der Waals surface area contributed by atoms with E-state index in [4.69, 9.17) is 0 Å². The Kier molecular flexibility index (Phi) is 4.65. The fourth-order valence-electron chi connectivity index (χ4n) is 1.14. The van der Waals surface area contributed by atoms with Gasteiger partial charge in [-0.1, -0.05) is 17.9 Å². The van der Waals surface area contributed by atoms with Gasteiger partial charge in [0, 0.05) is 5.56 Å². The first-order valence-corrected chi connectivity index (χ1v) is 5.12. The Bertz CT molecular complexity index is 550. The molecule has 8 heteroatoms. The van der Waals surface area contributed by atoms with Gasteiger partial charge in [0.1, 0.15) is 0 Å². The minimum absolute atomic E-state index is 0.0129. The average Bonchev–Trinajstić information content (AvgIpc) is 2.32. The third-order valence-electron chi connectivity index (χ3n) is 2.02. The van der Waals surface area contributed by atoms with Gasteiger partial charge in [0.25, 0.3) is 0 Å². The second kappa shape index (κ2) is 5.86. The molecule has 0 aliphatic rings. The maximum Gasteiger partial charge on any atom is 0.471 e. The highest BCUT2D eigenvalue weighted by molar-refractivity contribution is 5.81. The Labute approximate surface area is 109 Å². The predicted molar refractivity (Wildman–Crippen MR) is 57.4 cm³/mol. The predicted octanol–water partition coefficient (Wildman–Crippen LogP) is 2.74. The number of rotatable bonds is 1. The van der Waals surface area contributed by atoms with E-state index in [1.807, 2.05) is 0 Å². The van der Waals surface area contributed by atoms with Crippen LogP contribution >= 0.6 is 0 Å². The zero-order valence-electron chi connectivity index (χ0n) is 9.69. The van der Waals surface area contributed by atoms with Crippen LogP contribution in [-0.4, -0.2) is 18.6 Å². The summed E-state index contributed by atoms with van der Waals surface area (Å²) in [6.07, 6.45) is -9.54. The molecule has 2 nitrogen and oxygen atoms in total. The molecule has 0 atom stereocenters. The fourth-order valence-corrected chi connectivity index (χ4v) is 1.14. The third kappa shape index (κ3) is 4.84. The van der Waals surface area contributed by atoms with Crippen LogP contribution in [0, 0.1) is 11.8 Å². The van der Waals surface area contributed by atoms with Crippen molar-refractivity contribution in [2.24, 2.45) is 0 Å². The second-order valence-electron chi connectivity index (χ2n) is 3.56. The lowest BCUT2D eigenvalue weighted by Gasteiger charge is -2.06. The van der Waals surface area contributed by atoms with Crippen LogP contribution in [0.2, 0.25) is 0 Å². The quantitative estimate of drug-likeness (QED) is 0.626. The van der Waals surface area contributed by atoms with E-state index in [1.165, 1.54) is 11.4 Å². The highest BCUT2D eigenvalue weighted by atomic mass is 19.4. The number of carbonyl (C=O) groups is 1. The molecule has 1 N–H and O–H groups in total. The van der Waals surface area contributed by atoms with Crippen molar-refractivity contribution in [3.8, 4) is 11.8 Å². The molecular weight excluding hydrogens is 288 g/mol. The lowest BCUT2D eigenvalue weighted by atomic mass is 10.1. The van der Waals surface area contributed by atoms with Crippen LogP contribution in [0.25, 0.3) is 0 Å². The first-order valence-electron chi connectivity index (χ1n) is 5.12. The van der Waals surface area contributed by atoms with E-state index in [0.29, 0.717) is 0 Å². The van der Waals surface area contributed by atoms with E-state index in [1.54, 1.807) is 0 Å². The Morgan fingerprint density at radius 1 is 1.15 bits per heavy atom. The summed E-state index contributed by atoms with van der Waals surface area (Å²) >= 11 is 0. The van der Waals surface area contributed by atoms with Crippen molar-refractivity contribution in [2.75, 3.05) is 6.54 Å². The minimum atomic E-state index is -5.02. The summed E-state index contributed by atoms with van der Waals surface area (Å²) in [5, 5.41) is 1.48. The number of alkyl halides is 6. The SMILES string of the molecule is O=C(NCC#Cc1cccc(C(F)(F)F)c1)C(F)(F)F. The third-order valence-corrected chi connectivity index (χ3v) is 2.02. The van der Waals surface area contributed by atoms with Gasteiger partial charge in [-0.2, -0.15) is 26.3 Å². The molecule has 0 saturated carbocycles. The summed E-state index contributed by atoms with van der Waals surface area (Å²) in [7, 11) is 0. The molecular formula is C12H7F6NO. The molecule has 1 rings (SSSR count). The van der Waals surface area contributed by atoms with Crippen LogP contribution in [0.5, 0.6) is 0 Å². The Morgan fingerprint density at radius 2 is 1.80 bits per heavy atom. The molecule has 0 aliphatic heterocycles. The van der Waals surface area contributed by atoms with Crippen LogP contribution in [0.15, 0.2) is 24.3 Å². The number of hydrogen-bond acceptors (Lipinski definition) is 1. The van der Waals surface area contributed by atoms with E-state index in [2.05, 4.69) is 11.8 Å². The molecule has 20 heavy (non-hydrogen) atoms. The van der Waals surface area contributed by atoms with E-state index < -0.39 is 30.4 Å². The molecule has 0 aromatic heterocycles. The number of carbonyl (C=O) groups excluding carboxylic acids is 1.